The summed E-state index contributed by atoms with van der Waals surface area (Å²) in [5, 5.41) is 4.68. The van der Waals surface area contributed by atoms with E-state index in [-0.39, 0.29) is 23.6 Å². The van der Waals surface area contributed by atoms with Crippen LogP contribution in [0.2, 0.25) is 0 Å². The average Bonchev–Trinajstić information content (AvgIpc) is 3.67. The van der Waals surface area contributed by atoms with Crippen molar-refractivity contribution >= 4 is 11.6 Å². The van der Waals surface area contributed by atoms with Crippen LogP contribution >= 0.6 is 0 Å². The second kappa shape index (κ2) is 11.7. The molecule has 3 aromatic carbocycles. The summed E-state index contributed by atoms with van der Waals surface area (Å²) in [5.41, 5.74) is 11.3. The number of nitrogens with two attached hydrogens (primary N) is 1. The number of carbonyl (C=O) groups excluding carboxylic acids is 1. The highest BCUT2D eigenvalue weighted by Crippen LogP contribution is 2.37. The number of nitrogen functional groups attached to an aromatic ring is 1. The van der Waals surface area contributed by atoms with E-state index in [2.05, 4.69) is 28.2 Å². The van der Waals surface area contributed by atoms with Crippen molar-refractivity contribution in [2.24, 2.45) is 0 Å². The van der Waals surface area contributed by atoms with Crippen LogP contribution in [0.1, 0.15) is 58.3 Å². The van der Waals surface area contributed by atoms with Crippen LogP contribution in [0.3, 0.4) is 0 Å². The molecular weight excluding hydrogens is 517 g/mol. The van der Waals surface area contributed by atoms with E-state index < -0.39 is 0 Å². The molecule has 7 nitrogen and oxygen atoms in total. The number of hydrogen-bond donors (Lipinski definition) is 1. The number of methoxy groups -OCH3 is 1. The third kappa shape index (κ3) is 5.70. The van der Waals surface area contributed by atoms with Crippen LogP contribution in [0.5, 0.6) is 5.75 Å². The second-order valence-electron chi connectivity index (χ2n) is 11.1. The zero-order valence-corrected chi connectivity index (χ0v) is 23.4. The maximum Gasteiger partial charge on any atom is 0.257 e. The van der Waals surface area contributed by atoms with E-state index in [0.29, 0.717) is 18.7 Å². The molecule has 2 fully saturated rings. The number of para-hydroxylation sites is 1. The minimum Gasteiger partial charge on any atom is -0.496 e. The maximum atomic E-state index is 14.0. The van der Waals surface area contributed by atoms with Crippen LogP contribution in [-0.2, 0) is 6.54 Å². The summed E-state index contributed by atoms with van der Waals surface area (Å²) in [4.78, 5) is 18.4. The molecule has 1 atom stereocenters. The van der Waals surface area contributed by atoms with Crippen LogP contribution in [-0.4, -0.2) is 58.8 Å². The van der Waals surface area contributed by atoms with Crippen molar-refractivity contribution in [3.05, 3.63) is 107 Å². The lowest BCUT2D eigenvalue weighted by atomic mass is 9.90. The van der Waals surface area contributed by atoms with Crippen molar-refractivity contribution in [1.82, 2.24) is 19.6 Å². The van der Waals surface area contributed by atoms with Crippen molar-refractivity contribution in [1.29, 1.82) is 0 Å². The first-order chi connectivity index (χ1) is 20.0. The molecule has 0 spiro atoms. The molecule has 212 valence electrons. The molecule has 0 bridgehead atoms. The Kier molecular flexibility index (Phi) is 7.74. The topological polar surface area (TPSA) is 76.6 Å². The fourth-order valence-corrected chi connectivity index (χ4v) is 6.32. The maximum absolute atomic E-state index is 14.0. The zero-order chi connectivity index (χ0) is 28.3. The highest BCUT2D eigenvalue weighted by Gasteiger charge is 2.34. The summed E-state index contributed by atoms with van der Waals surface area (Å²) in [5.74, 6) is 0.964. The molecule has 41 heavy (non-hydrogen) atoms. The van der Waals surface area contributed by atoms with E-state index in [4.69, 9.17) is 10.5 Å². The minimum absolute atomic E-state index is 0.00932. The van der Waals surface area contributed by atoms with Gasteiger partial charge in [0, 0.05) is 37.2 Å². The minimum atomic E-state index is -0.297. The smallest absolute Gasteiger partial charge is 0.257 e. The molecule has 2 aliphatic rings. The van der Waals surface area contributed by atoms with Gasteiger partial charge in [0.1, 0.15) is 11.6 Å². The second-order valence-corrected chi connectivity index (χ2v) is 11.1. The Labute approximate surface area is 240 Å². The molecule has 2 N–H and O–H groups in total. The number of rotatable bonds is 7. The normalized spacial score (nSPS) is 18.1. The van der Waals surface area contributed by atoms with Gasteiger partial charge in [0.25, 0.3) is 5.91 Å². The van der Waals surface area contributed by atoms with Crippen molar-refractivity contribution in [3.8, 4) is 11.4 Å². The zero-order valence-electron chi connectivity index (χ0n) is 23.4. The Morgan fingerprint density at radius 2 is 1.66 bits per heavy atom. The predicted molar refractivity (Wildman–Crippen MR) is 158 cm³/mol. The summed E-state index contributed by atoms with van der Waals surface area (Å²) in [7, 11) is 1.69. The molecule has 4 aromatic rings. The summed E-state index contributed by atoms with van der Waals surface area (Å²) >= 11 is 0. The average molecular weight is 554 g/mol. The molecule has 6 rings (SSSR count). The summed E-state index contributed by atoms with van der Waals surface area (Å²) in [6.07, 6.45) is 4.41. The van der Waals surface area contributed by atoms with Crippen molar-refractivity contribution in [2.75, 3.05) is 39.0 Å². The first kappa shape index (κ1) is 27.0. The van der Waals surface area contributed by atoms with Gasteiger partial charge < -0.3 is 15.4 Å². The number of amides is 1. The standard InChI is InChI=1S/C33H36FN5O2/c1-41-31-5-3-2-4-29(31)25-16-19-38(22-25)33(40)30-20-36-39(28-12-8-26(34)9-13-28)32(30)24-14-17-37(18-15-24)21-23-6-10-27(35)11-7-23/h2-13,20,24-25H,14-19,21-22,35H2,1H3/t25-/m0/s1. The number of ether oxygens (including phenoxy) is 1. The van der Waals surface area contributed by atoms with Gasteiger partial charge in [0.15, 0.2) is 0 Å². The fraction of sp³-hybridized carbons (Fsp3) is 0.333. The van der Waals surface area contributed by atoms with E-state index in [1.54, 1.807) is 25.4 Å². The van der Waals surface area contributed by atoms with Gasteiger partial charge in [-0.25, -0.2) is 9.07 Å². The number of aromatic nitrogens is 2. The van der Waals surface area contributed by atoms with E-state index in [9.17, 15) is 9.18 Å². The van der Waals surface area contributed by atoms with E-state index >= 15 is 0 Å². The quantitative estimate of drug-likeness (QED) is 0.301. The largest absolute Gasteiger partial charge is 0.496 e. The molecule has 0 aliphatic carbocycles. The van der Waals surface area contributed by atoms with E-state index in [0.717, 1.165) is 67.3 Å². The van der Waals surface area contributed by atoms with Crippen molar-refractivity contribution in [3.63, 3.8) is 0 Å². The van der Waals surface area contributed by atoms with Crippen LogP contribution in [0, 0.1) is 5.82 Å². The molecule has 2 aliphatic heterocycles. The number of piperidine rings is 1. The molecule has 0 radical (unpaired) electrons. The highest BCUT2D eigenvalue weighted by atomic mass is 19.1. The molecule has 0 saturated carbocycles. The van der Waals surface area contributed by atoms with Crippen LogP contribution < -0.4 is 10.5 Å². The van der Waals surface area contributed by atoms with Gasteiger partial charge in [-0.05, 0) is 85.9 Å². The first-order valence-electron chi connectivity index (χ1n) is 14.3. The summed E-state index contributed by atoms with van der Waals surface area (Å²) in [6.45, 7) is 4.02. The predicted octanol–water partition coefficient (Wildman–Crippen LogP) is 5.61. The Balaban J connectivity index is 1.24. The lowest BCUT2D eigenvalue weighted by molar-refractivity contribution is 0.0788. The van der Waals surface area contributed by atoms with E-state index in [1.807, 2.05) is 39.9 Å². The Morgan fingerprint density at radius 3 is 2.39 bits per heavy atom. The Bertz CT molecular complexity index is 1490. The first-order valence-corrected chi connectivity index (χ1v) is 14.3. The number of likely N-dealkylation sites (tertiary alicyclic amines) is 2. The van der Waals surface area contributed by atoms with Gasteiger partial charge >= 0.3 is 0 Å². The van der Waals surface area contributed by atoms with Crippen LogP contribution in [0.4, 0.5) is 10.1 Å². The number of carbonyl (C=O) groups is 1. The lowest BCUT2D eigenvalue weighted by Crippen LogP contribution is -2.34. The van der Waals surface area contributed by atoms with Crippen LogP contribution in [0.25, 0.3) is 5.69 Å². The van der Waals surface area contributed by atoms with Gasteiger partial charge in [-0.3, -0.25) is 9.69 Å². The van der Waals surface area contributed by atoms with Gasteiger partial charge in [0.2, 0.25) is 0 Å². The molecule has 3 heterocycles. The lowest BCUT2D eigenvalue weighted by Gasteiger charge is -2.33. The summed E-state index contributed by atoms with van der Waals surface area (Å²) < 4.78 is 21.2. The van der Waals surface area contributed by atoms with Gasteiger partial charge in [-0.15, -0.1) is 0 Å². The Morgan fingerprint density at radius 1 is 0.951 bits per heavy atom. The number of benzene rings is 3. The molecule has 1 aromatic heterocycles. The number of halogens is 1. The summed E-state index contributed by atoms with van der Waals surface area (Å²) in [6, 6.07) is 22.4. The van der Waals surface area contributed by atoms with Gasteiger partial charge in [0.05, 0.1) is 30.3 Å². The molecule has 0 unspecified atom stereocenters. The van der Waals surface area contributed by atoms with E-state index in [1.165, 1.54) is 17.7 Å². The number of anilines is 1. The number of hydrogen-bond acceptors (Lipinski definition) is 5. The van der Waals surface area contributed by atoms with Crippen LogP contribution in [0.15, 0.2) is 79.0 Å². The third-order valence-corrected chi connectivity index (χ3v) is 8.52. The van der Waals surface area contributed by atoms with Gasteiger partial charge in [-0.1, -0.05) is 30.3 Å². The van der Waals surface area contributed by atoms with Crippen molar-refractivity contribution < 1.29 is 13.9 Å². The third-order valence-electron chi connectivity index (χ3n) is 8.52. The van der Waals surface area contributed by atoms with Crippen molar-refractivity contribution in [2.45, 2.75) is 37.6 Å². The molecule has 1 amide bonds. The monoisotopic (exact) mass is 553 g/mol. The molecular formula is C33H36FN5O2. The molecule has 8 heteroatoms. The Hall–Kier alpha value is -4.17. The molecule has 2 saturated heterocycles. The highest BCUT2D eigenvalue weighted by molar-refractivity contribution is 5.95. The fourth-order valence-electron chi connectivity index (χ4n) is 6.32. The van der Waals surface area contributed by atoms with Gasteiger partial charge in [-0.2, -0.15) is 5.10 Å². The number of nitrogens with zero attached hydrogens (tertiary/aromatic N) is 4. The SMILES string of the molecule is COc1ccccc1[C@H]1CCN(C(=O)c2cnn(-c3ccc(F)cc3)c2C2CCN(Cc3ccc(N)cc3)CC2)C1.